The molecule has 2 aromatic rings. The SMILES string of the molecule is CCc1cc(OC)ccc1-c1ccccc1N(C(=O)OC(C)(C)C)[C@@H](C)C(=O)OC. The van der Waals surface area contributed by atoms with Crippen molar-refractivity contribution in [1.29, 1.82) is 0 Å². The summed E-state index contributed by atoms with van der Waals surface area (Å²) in [6.45, 7) is 9.05. The highest BCUT2D eigenvalue weighted by Gasteiger charge is 2.33. The second-order valence-electron chi connectivity index (χ2n) is 7.94. The molecular weight excluding hydrogens is 382 g/mol. The minimum atomic E-state index is -0.866. The van der Waals surface area contributed by atoms with Crippen LogP contribution in [-0.4, -0.2) is 37.9 Å². The van der Waals surface area contributed by atoms with Crippen LogP contribution in [0.5, 0.6) is 5.75 Å². The normalized spacial score (nSPS) is 12.1. The fraction of sp³-hybridized carbons (Fsp3) is 0.417. The Labute approximate surface area is 178 Å². The number of ether oxygens (including phenoxy) is 3. The molecule has 1 amide bonds. The van der Waals surface area contributed by atoms with Gasteiger partial charge in [0.1, 0.15) is 17.4 Å². The Bertz CT molecular complexity index is 901. The lowest BCUT2D eigenvalue weighted by Crippen LogP contribution is -2.46. The third-order valence-corrected chi connectivity index (χ3v) is 4.67. The van der Waals surface area contributed by atoms with Gasteiger partial charge in [0.25, 0.3) is 0 Å². The van der Waals surface area contributed by atoms with Gasteiger partial charge in [0.05, 0.1) is 19.9 Å². The van der Waals surface area contributed by atoms with Crippen LogP contribution in [0, 0.1) is 0 Å². The Kier molecular flexibility index (Phi) is 7.48. The van der Waals surface area contributed by atoms with Gasteiger partial charge < -0.3 is 14.2 Å². The fourth-order valence-corrected chi connectivity index (χ4v) is 3.22. The summed E-state index contributed by atoms with van der Waals surface area (Å²) in [6.07, 6.45) is 0.166. The van der Waals surface area contributed by atoms with E-state index in [2.05, 4.69) is 6.92 Å². The van der Waals surface area contributed by atoms with Gasteiger partial charge in [0.15, 0.2) is 0 Å². The zero-order valence-corrected chi connectivity index (χ0v) is 18.8. The number of carbonyl (C=O) groups is 2. The minimum Gasteiger partial charge on any atom is -0.497 e. The smallest absolute Gasteiger partial charge is 0.415 e. The maximum atomic E-state index is 13.1. The lowest BCUT2D eigenvalue weighted by Gasteiger charge is -2.32. The van der Waals surface area contributed by atoms with E-state index >= 15 is 0 Å². The zero-order valence-electron chi connectivity index (χ0n) is 18.8. The van der Waals surface area contributed by atoms with Crippen LogP contribution >= 0.6 is 0 Å². The van der Waals surface area contributed by atoms with E-state index in [1.165, 1.54) is 12.0 Å². The summed E-state index contributed by atoms with van der Waals surface area (Å²) in [5, 5.41) is 0. The molecule has 6 nitrogen and oxygen atoms in total. The van der Waals surface area contributed by atoms with E-state index in [1.54, 1.807) is 34.8 Å². The molecule has 2 aromatic carbocycles. The molecule has 0 spiro atoms. The quantitative estimate of drug-likeness (QED) is 0.607. The molecule has 0 N–H and O–H groups in total. The molecule has 0 aliphatic heterocycles. The van der Waals surface area contributed by atoms with E-state index in [0.717, 1.165) is 28.9 Å². The second-order valence-corrected chi connectivity index (χ2v) is 7.94. The number of benzene rings is 2. The van der Waals surface area contributed by atoms with Crippen molar-refractivity contribution in [2.45, 2.75) is 52.7 Å². The first-order chi connectivity index (χ1) is 14.1. The first-order valence-corrected chi connectivity index (χ1v) is 9.99. The standard InChI is InChI=1S/C24H31NO5/c1-8-17-15-18(28-6)13-14-19(17)20-11-9-10-12-21(20)25(16(2)22(26)29-7)23(27)30-24(3,4)5/h9-16H,8H2,1-7H3/t16-/m0/s1. The topological polar surface area (TPSA) is 65.1 Å². The lowest BCUT2D eigenvalue weighted by atomic mass is 9.95. The van der Waals surface area contributed by atoms with Crippen LogP contribution in [0.1, 0.15) is 40.2 Å². The summed E-state index contributed by atoms with van der Waals surface area (Å²) in [4.78, 5) is 26.9. The number of amides is 1. The van der Waals surface area contributed by atoms with E-state index in [0.29, 0.717) is 5.69 Å². The molecule has 2 rings (SSSR count). The summed E-state index contributed by atoms with van der Waals surface area (Å²) in [5.41, 5.74) is 2.70. The molecule has 1 atom stereocenters. The molecular formula is C24H31NO5. The highest BCUT2D eigenvalue weighted by Crippen LogP contribution is 2.36. The van der Waals surface area contributed by atoms with Crippen molar-refractivity contribution in [3.05, 3.63) is 48.0 Å². The van der Waals surface area contributed by atoms with Crippen molar-refractivity contribution in [3.63, 3.8) is 0 Å². The number of anilines is 1. The highest BCUT2D eigenvalue weighted by atomic mass is 16.6. The van der Waals surface area contributed by atoms with E-state index in [-0.39, 0.29) is 0 Å². The number of carbonyl (C=O) groups excluding carboxylic acids is 2. The van der Waals surface area contributed by atoms with Gasteiger partial charge in [0.2, 0.25) is 0 Å². The lowest BCUT2D eigenvalue weighted by molar-refractivity contribution is -0.141. The molecule has 0 aliphatic rings. The van der Waals surface area contributed by atoms with Crippen molar-refractivity contribution in [2.75, 3.05) is 19.1 Å². The minimum absolute atomic E-state index is 0.527. The third-order valence-electron chi connectivity index (χ3n) is 4.67. The molecule has 0 fully saturated rings. The summed E-state index contributed by atoms with van der Waals surface area (Å²) >= 11 is 0. The molecule has 0 saturated heterocycles. The number of hydrogen-bond donors (Lipinski definition) is 0. The maximum absolute atomic E-state index is 13.1. The van der Waals surface area contributed by atoms with Crippen molar-refractivity contribution in [1.82, 2.24) is 0 Å². The number of para-hydroxylation sites is 1. The van der Waals surface area contributed by atoms with Crippen molar-refractivity contribution in [2.24, 2.45) is 0 Å². The Hall–Kier alpha value is -3.02. The number of esters is 1. The van der Waals surface area contributed by atoms with E-state index in [4.69, 9.17) is 14.2 Å². The number of aryl methyl sites for hydroxylation is 1. The van der Waals surface area contributed by atoms with Crippen LogP contribution in [0.15, 0.2) is 42.5 Å². The average Bonchev–Trinajstić information content (AvgIpc) is 2.71. The molecule has 162 valence electrons. The molecule has 0 aliphatic carbocycles. The average molecular weight is 414 g/mol. The van der Waals surface area contributed by atoms with Gasteiger partial charge in [-0.25, -0.2) is 9.59 Å². The number of rotatable bonds is 6. The predicted octanol–water partition coefficient (Wildman–Crippen LogP) is 5.23. The summed E-state index contributed by atoms with van der Waals surface area (Å²) in [6, 6.07) is 12.4. The van der Waals surface area contributed by atoms with Gasteiger partial charge in [-0.15, -0.1) is 0 Å². The van der Waals surface area contributed by atoms with E-state index < -0.39 is 23.7 Å². The summed E-state index contributed by atoms with van der Waals surface area (Å²) in [5.74, 6) is 0.237. The fourth-order valence-electron chi connectivity index (χ4n) is 3.22. The van der Waals surface area contributed by atoms with Crippen LogP contribution in [-0.2, 0) is 20.7 Å². The van der Waals surface area contributed by atoms with E-state index in [9.17, 15) is 9.59 Å². The Morgan fingerprint density at radius 2 is 1.70 bits per heavy atom. The maximum Gasteiger partial charge on any atom is 0.415 e. The Morgan fingerprint density at radius 1 is 1.03 bits per heavy atom. The van der Waals surface area contributed by atoms with Gasteiger partial charge >= 0.3 is 12.1 Å². The third kappa shape index (κ3) is 5.32. The van der Waals surface area contributed by atoms with Crippen LogP contribution in [0.4, 0.5) is 10.5 Å². The number of hydrogen-bond acceptors (Lipinski definition) is 5. The van der Waals surface area contributed by atoms with E-state index in [1.807, 2.05) is 42.5 Å². The predicted molar refractivity (Wildman–Crippen MR) is 118 cm³/mol. The van der Waals surface area contributed by atoms with Gasteiger partial charge in [0, 0.05) is 5.56 Å². The van der Waals surface area contributed by atoms with Gasteiger partial charge in [-0.2, -0.15) is 0 Å². The van der Waals surface area contributed by atoms with Crippen molar-refractivity contribution >= 4 is 17.7 Å². The molecule has 0 saturated carbocycles. The molecule has 6 heteroatoms. The summed E-state index contributed by atoms with van der Waals surface area (Å²) in [7, 11) is 2.93. The molecule has 0 bridgehead atoms. The first-order valence-electron chi connectivity index (χ1n) is 9.99. The second kappa shape index (κ2) is 9.65. The number of nitrogens with zero attached hydrogens (tertiary/aromatic N) is 1. The Morgan fingerprint density at radius 3 is 2.27 bits per heavy atom. The number of methoxy groups -OCH3 is 2. The van der Waals surface area contributed by atoms with Crippen LogP contribution < -0.4 is 9.64 Å². The molecule has 0 heterocycles. The van der Waals surface area contributed by atoms with Crippen LogP contribution in [0.3, 0.4) is 0 Å². The molecule has 0 radical (unpaired) electrons. The van der Waals surface area contributed by atoms with Gasteiger partial charge in [-0.05, 0) is 63.4 Å². The van der Waals surface area contributed by atoms with Crippen molar-refractivity contribution < 1.29 is 23.8 Å². The highest BCUT2D eigenvalue weighted by molar-refractivity contribution is 5.99. The van der Waals surface area contributed by atoms with Crippen LogP contribution in [0.2, 0.25) is 0 Å². The largest absolute Gasteiger partial charge is 0.497 e. The summed E-state index contributed by atoms with van der Waals surface area (Å²) < 4.78 is 15.9. The van der Waals surface area contributed by atoms with Gasteiger partial charge in [-0.1, -0.05) is 31.2 Å². The van der Waals surface area contributed by atoms with Gasteiger partial charge in [-0.3, -0.25) is 4.90 Å². The zero-order chi connectivity index (χ0) is 22.5. The van der Waals surface area contributed by atoms with Crippen molar-refractivity contribution in [3.8, 4) is 16.9 Å². The Balaban J connectivity index is 2.67. The molecule has 0 unspecified atom stereocenters. The van der Waals surface area contributed by atoms with Crippen LogP contribution in [0.25, 0.3) is 11.1 Å². The first kappa shape index (κ1) is 23.3. The molecule has 30 heavy (non-hydrogen) atoms. The molecule has 0 aromatic heterocycles. The monoisotopic (exact) mass is 413 g/mol.